The Labute approximate surface area is 164 Å². The lowest BCUT2D eigenvalue weighted by Gasteiger charge is -2.11. The summed E-state index contributed by atoms with van der Waals surface area (Å²) in [4.78, 5) is 17.1. The predicted octanol–water partition coefficient (Wildman–Crippen LogP) is 3.79. The lowest BCUT2D eigenvalue weighted by Crippen LogP contribution is -2.26. The first-order chi connectivity index (χ1) is 13.6. The summed E-state index contributed by atoms with van der Waals surface area (Å²) in [5.74, 6) is 0.0699. The molecule has 5 heteroatoms. The molecule has 0 aliphatic heterocycles. The van der Waals surface area contributed by atoms with Gasteiger partial charge in [-0.2, -0.15) is 5.10 Å². The quantitative estimate of drug-likeness (QED) is 0.560. The van der Waals surface area contributed by atoms with Crippen molar-refractivity contribution in [1.29, 1.82) is 0 Å². The fourth-order valence-electron chi connectivity index (χ4n) is 3.66. The molecule has 0 aliphatic rings. The molecule has 1 amide bonds. The number of hydrogen-bond donors (Lipinski definition) is 1. The molecule has 0 atom stereocenters. The van der Waals surface area contributed by atoms with E-state index < -0.39 is 0 Å². The van der Waals surface area contributed by atoms with Gasteiger partial charge in [-0.25, -0.2) is 9.50 Å². The normalized spacial score (nSPS) is 11.2. The maximum absolute atomic E-state index is 12.3. The first-order valence-electron chi connectivity index (χ1n) is 9.67. The van der Waals surface area contributed by atoms with Crippen molar-refractivity contribution < 1.29 is 4.79 Å². The zero-order valence-corrected chi connectivity index (χ0v) is 16.3. The van der Waals surface area contributed by atoms with Gasteiger partial charge in [0.1, 0.15) is 0 Å². The second kappa shape index (κ2) is 7.80. The van der Waals surface area contributed by atoms with Crippen LogP contribution in [0, 0.1) is 13.8 Å². The molecule has 142 valence electrons. The number of nitrogens with zero attached hydrogens (tertiary/aromatic N) is 3. The standard InChI is InChI=1S/C23H24N4O/c1-16-19(12-13-22(28)24-15-14-18-8-4-3-5-9-18)17(2)27-23(25-16)20-10-6-7-11-21(20)26-27/h3-11H,12-15H2,1-2H3,(H,24,28). The molecule has 0 fully saturated rings. The minimum absolute atomic E-state index is 0.0699. The Morgan fingerprint density at radius 3 is 2.57 bits per heavy atom. The van der Waals surface area contributed by atoms with Crippen LogP contribution in [-0.2, 0) is 17.6 Å². The first-order valence-corrected chi connectivity index (χ1v) is 9.67. The summed E-state index contributed by atoms with van der Waals surface area (Å²) in [5, 5.41) is 8.75. The Balaban J connectivity index is 1.44. The van der Waals surface area contributed by atoms with Gasteiger partial charge in [0.2, 0.25) is 5.91 Å². The Bertz CT molecular complexity index is 1130. The van der Waals surface area contributed by atoms with Gasteiger partial charge in [-0.05, 0) is 49.9 Å². The van der Waals surface area contributed by atoms with Gasteiger partial charge in [0.15, 0.2) is 5.65 Å². The third-order valence-electron chi connectivity index (χ3n) is 5.20. The molecule has 0 radical (unpaired) electrons. The van der Waals surface area contributed by atoms with Crippen LogP contribution in [0.2, 0.25) is 0 Å². The van der Waals surface area contributed by atoms with Crippen LogP contribution < -0.4 is 5.32 Å². The highest BCUT2D eigenvalue weighted by Gasteiger charge is 2.14. The molecule has 0 saturated carbocycles. The van der Waals surface area contributed by atoms with E-state index in [0.29, 0.717) is 19.4 Å². The summed E-state index contributed by atoms with van der Waals surface area (Å²) in [6.07, 6.45) is 1.95. The summed E-state index contributed by atoms with van der Waals surface area (Å²) < 4.78 is 1.90. The zero-order chi connectivity index (χ0) is 19.5. The van der Waals surface area contributed by atoms with Crippen LogP contribution in [-0.4, -0.2) is 27.0 Å². The van der Waals surface area contributed by atoms with Crippen LogP contribution >= 0.6 is 0 Å². The Kier molecular flexibility index (Phi) is 5.06. The summed E-state index contributed by atoms with van der Waals surface area (Å²) >= 11 is 0. The number of nitrogens with one attached hydrogen (secondary N) is 1. The molecule has 0 aliphatic carbocycles. The van der Waals surface area contributed by atoms with Crippen molar-refractivity contribution in [2.45, 2.75) is 33.1 Å². The molecule has 4 rings (SSSR count). The molecule has 2 aromatic carbocycles. The van der Waals surface area contributed by atoms with Gasteiger partial charge in [-0.3, -0.25) is 4.79 Å². The van der Waals surface area contributed by atoms with Crippen molar-refractivity contribution in [3.63, 3.8) is 0 Å². The van der Waals surface area contributed by atoms with E-state index in [9.17, 15) is 4.79 Å². The van der Waals surface area contributed by atoms with E-state index in [-0.39, 0.29) is 5.91 Å². The fraction of sp³-hybridized carbons (Fsp3) is 0.261. The molecule has 0 saturated heterocycles. The van der Waals surface area contributed by atoms with E-state index in [4.69, 9.17) is 4.98 Å². The lowest BCUT2D eigenvalue weighted by atomic mass is 10.1. The third kappa shape index (κ3) is 3.60. The summed E-state index contributed by atoms with van der Waals surface area (Å²) in [5.41, 5.74) is 6.16. The van der Waals surface area contributed by atoms with Gasteiger partial charge in [0.25, 0.3) is 0 Å². The lowest BCUT2D eigenvalue weighted by molar-refractivity contribution is -0.121. The molecule has 2 aromatic heterocycles. The minimum Gasteiger partial charge on any atom is -0.356 e. The van der Waals surface area contributed by atoms with Crippen molar-refractivity contribution in [1.82, 2.24) is 19.9 Å². The van der Waals surface area contributed by atoms with Crippen molar-refractivity contribution in [3.8, 4) is 0 Å². The van der Waals surface area contributed by atoms with Gasteiger partial charge < -0.3 is 5.32 Å². The van der Waals surface area contributed by atoms with Crippen molar-refractivity contribution in [2.24, 2.45) is 0 Å². The van der Waals surface area contributed by atoms with E-state index in [1.807, 2.05) is 53.9 Å². The average molecular weight is 372 g/mol. The molecule has 5 nitrogen and oxygen atoms in total. The molecule has 0 unspecified atom stereocenters. The molecule has 0 bridgehead atoms. The Hall–Kier alpha value is -3.21. The van der Waals surface area contributed by atoms with E-state index >= 15 is 0 Å². The second-order valence-corrected chi connectivity index (χ2v) is 7.10. The second-order valence-electron chi connectivity index (χ2n) is 7.10. The average Bonchev–Trinajstić information content (AvgIpc) is 3.07. The molecule has 1 N–H and O–H groups in total. The van der Waals surface area contributed by atoms with E-state index in [1.165, 1.54) is 5.56 Å². The van der Waals surface area contributed by atoms with Crippen molar-refractivity contribution in [3.05, 3.63) is 77.1 Å². The highest BCUT2D eigenvalue weighted by molar-refractivity contribution is 5.92. The van der Waals surface area contributed by atoms with Crippen LogP contribution in [0.3, 0.4) is 0 Å². The highest BCUT2D eigenvalue weighted by Crippen LogP contribution is 2.22. The SMILES string of the molecule is Cc1nc2c3ccccc3nn2c(C)c1CCC(=O)NCCc1ccccc1. The van der Waals surface area contributed by atoms with E-state index in [1.54, 1.807) is 0 Å². The van der Waals surface area contributed by atoms with Gasteiger partial charge in [-0.15, -0.1) is 0 Å². The topological polar surface area (TPSA) is 59.3 Å². The number of hydrogen-bond acceptors (Lipinski definition) is 3. The number of carbonyl (C=O) groups is 1. The van der Waals surface area contributed by atoms with Crippen molar-refractivity contribution in [2.75, 3.05) is 6.54 Å². The number of benzene rings is 2. The molecular weight excluding hydrogens is 348 g/mol. The number of fused-ring (bicyclic) bond motifs is 3. The fourth-order valence-corrected chi connectivity index (χ4v) is 3.66. The van der Waals surface area contributed by atoms with Crippen LogP contribution in [0.25, 0.3) is 16.6 Å². The van der Waals surface area contributed by atoms with Gasteiger partial charge in [0, 0.05) is 29.7 Å². The number of carbonyl (C=O) groups excluding carboxylic acids is 1. The number of aryl methyl sites for hydroxylation is 2. The number of aromatic nitrogens is 3. The molecular formula is C23H24N4O. The van der Waals surface area contributed by atoms with Crippen molar-refractivity contribution >= 4 is 22.5 Å². The van der Waals surface area contributed by atoms with Crippen LogP contribution in [0.5, 0.6) is 0 Å². The Morgan fingerprint density at radius 1 is 1.00 bits per heavy atom. The zero-order valence-electron chi connectivity index (χ0n) is 16.3. The first kappa shape index (κ1) is 18.2. The summed E-state index contributed by atoms with van der Waals surface area (Å²) in [6.45, 7) is 4.72. The van der Waals surface area contributed by atoms with Crippen LogP contribution in [0.1, 0.15) is 28.9 Å². The number of amides is 1. The maximum Gasteiger partial charge on any atom is 0.220 e. The van der Waals surface area contributed by atoms with E-state index in [2.05, 4.69) is 29.5 Å². The van der Waals surface area contributed by atoms with E-state index in [0.717, 1.165) is 39.9 Å². The minimum atomic E-state index is 0.0699. The monoisotopic (exact) mass is 372 g/mol. The smallest absolute Gasteiger partial charge is 0.220 e. The number of rotatable bonds is 6. The van der Waals surface area contributed by atoms with Gasteiger partial charge >= 0.3 is 0 Å². The molecule has 4 aromatic rings. The maximum atomic E-state index is 12.3. The Morgan fingerprint density at radius 2 is 1.75 bits per heavy atom. The van der Waals surface area contributed by atoms with Crippen LogP contribution in [0.15, 0.2) is 54.6 Å². The third-order valence-corrected chi connectivity index (χ3v) is 5.20. The summed E-state index contributed by atoms with van der Waals surface area (Å²) in [7, 11) is 0. The largest absolute Gasteiger partial charge is 0.356 e. The molecule has 0 spiro atoms. The molecule has 2 heterocycles. The predicted molar refractivity (Wildman–Crippen MR) is 111 cm³/mol. The van der Waals surface area contributed by atoms with Crippen LogP contribution in [0.4, 0.5) is 0 Å². The summed E-state index contributed by atoms with van der Waals surface area (Å²) in [6, 6.07) is 18.2. The molecule has 28 heavy (non-hydrogen) atoms. The van der Waals surface area contributed by atoms with Gasteiger partial charge in [0.05, 0.1) is 5.52 Å². The van der Waals surface area contributed by atoms with Gasteiger partial charge in [-0.1, -0.05) is 42.5 Å². The highest BCUT2D eigenvalue weighted by atomic mass is 16.1.